The van der Waals surface area contributed by atoms with Crippen LogP contribution < -0.4 is 5.73 Å². The van der Waals surface area contributed by atoms with Crippen molar-refractivity contribution in [2.45, 2.75) is 47.0 Å². The molecular weight excluding hydrogens is 371 g/mol. The highest BCUT2D eigenvalue weighted by molar-refractivity contribution is 7.19. The molecule has 0 saturated heterocycles. The zero-order chi connectivity index (χ0) is 20.2. The highest BCUT2D eigenvalue weighted by Crippen LogP contribution is 2.46. The van der Waals surface area contributed by atoms with Crippen molar-refractivity contribution in [3.63, 3.8) is 0 Å². The molecule has 4 rings (SSSR count). The fourth-order valence-corrected chi connectivity index (χ4v) is 5.75. The molecular formula is C23H25FN2OS. The van der Waals surface area contributed by atoms with Gasteiger partial charge in [-0.15, -0.1) is 11.3 Å². The average Bonchev–Trinajstić information content (AvgIpc) is 2.96. The fraction of sp³-hybridized carbons (Fsp3) is 0.391. The molecule has 1 atom stereocenters. The molecule has 0 bridgehead atoms. The molecule has 0 unspecified atom stereocenters. The van der Waals surface area contributed by atoms with E-state index < -0.39 is 5.91 Å². The Morgan fingerprint density at radius 3 is 2.71 bits per heavy atom. The van der Waals surface area contributed by atoms with Crippen molar-refractivity contribution in [3.05, 3.63) is 51.8 Å². The third-order valence-electron chi connectivity index (χ3n) is 5.96. The van der Waals surface area contributed by atoms with Gasteiger partial charge in [-0.3, -0.25) is 4.79 Å². The Bertz CT molecular complexity index is 1090. The lowest BCUT2D eigenvalue weighted by molar-refractivity contribution is 0.1000. The van der Waals surface area contributed by atoms with Gasteiger partial charge in [0.2, 0.25) is 0 Å². The fourth-order valence-electron chi connectivity index (χ4n) is 4.40. The van der Waals surface area contributed by atoms with Gasteiger partial charge in [0.25, 0.3) is 5.91 Å². The third-order valence-corrected chi connectivity index (χ3v) is 7.11. The van der Waals surface area contributed by atoms with Crippen LogP contribution >= 0.6 is 11.3 Å². The lowest BCUT2D eigenvalue weighted by Crippen LogP contribution is -2.26. The number of carbonyl (C=O) groups excluding carboxylic acids is 1. The number of aryl methyl sites for hydroxylation is 2. The Morgan fingerprint density at radius 2 is 2.07 bits per heavy atom. The van der Waals surface area contributed by atoms with Crippen LogP contribution in [0.15, 0.2) is 24.3 Å². The molecule has 3 aromatic rings. The van der Waals surface area contributed by atoms with E-state index in [9.17, 15) is 9.18 Å². The normalized spacial score (nSPS) is 17.0. The van der Waals surface area contributed by atoms with E-state index in [1.54, 1.807) is 24.3 Å². The summed E-state index contributed by atoms with van der Waals surface area (Å²) >= 11 is 1.71. The molecule has 0 radical (unpaired) electrons. The summed E-state index contributed by atoms with van der Waals surface area (Å²) in [6, 6.07) is 6.40. The smallest absolute Gasteiger partial charge is 0.251 e. The number of fused-ring (bicyclic) bond motifs is 3. The zero-order valence-electron chi connectivity index (χ0n) is 16.7. The van der Waals surface area contributed by atoms with E-state index in [4.69, 9.17) is 10.7 Å². The largest absolute Gasteiger partial charge is 0.366 e. The van der Waals surface area contributed by atoms with Gasteiger partial charge in [-0.1, -0.05) is 32.9 Å². The van der Waals surface area contributed by atoms with E-state index >= 15 is 0 Å². The SMILES string of the molecule is Cc1nc2sc3c(c2c(-c2cccc(F)c2)c1C(N)=O)CC[C@H](C(C)(C)C)C3. The number of halogens is 1. The first-order chi connectivity index (χ1) is 13.2. The molecule has 1 aliphatic carbocycles. The van der Waals surface area contributed by atoms with Gasteiger partial charge >= 0.3 is 0 Å². The third kappa shape index (κ3) is 3.12. The van der Waals surface area contributed by atoms with Crippen LogP contribution in [0.1, 0.15) is 53.7 Å². The monoisotopic (exact) mass is 396 g/mol. The Hall–Kier alpha value is -2.27. The minimum absolute atomic E-state index is 0.251. The van der Waals surface area contributed by atoms with Crippen LogP contribution in [-0.4, -0.2) is 10.9 Å². The maximum Gasteiger partial charge on any atom is 0.251 e. The van der Waals surface area contributed by atoms with E-state index in [0.29, 0.717) is 22.7 Å². The lowest BCUT2D eigenvalue weighted by atomic mass is 9.72. The molecule has 2 heterocycles. The number of nitrogens with zero attached hydrogens (tertiary/aromatic N) is 1. The summed E-state index contributed by atoms with van der Waals surface area (Å²) in [7, 11) is 0. The van der Waals surface area contributed by atoms with Crippen molar-refractivity contribution in [2.75, 3.05) is 0 Å². The number of hydrogen-bond donors (Lipinski definition) is 1. The van der Waals surface area contributed by atoms with Crippen molar-refractivity contribution in [1.82, 2.24) is 4.98 Å². The van der Waals surface area contributed by atoms with Gasteiger partial charge in [0.15, 0.2) is 0 Å². The van der Waals surface area contributed by atoms with Gasteiger partial charge in [0.1, 0.15) is 10.6 Å². The Kier molecular flexibility index (Phi) is 4.53. The minimum Gasteiger partial charge on any atom is -0.366 e. The predicted molar refractivity (Wildman–Crippen MR) is 113 cm³/mol. The number of nitrogens with two attached hydrogens (primary N) is 1. The predicted octanol–water partition coefficient (Wildman–Crippen LogP) is 5.66. The van der Waals surface area contributed by atoms with E-state index in [0.717, 1.165) is 35.0 Å². The summed E-state index contributed by atoms with van der Waals surface area (Å²) in [5, 5.41) is 0.984. The number of rotatable bonds is 2. The van der Waals surface area contributed by atoms with Crippen molar-refractivity contribution in [2.24, 2.45) is 17.1 Å². The van der Waals surface area contributed by atoms with Crippen LogP contribution in [0.2, 0.25) is 0 Å². The molecule has 1 aromatic carbocycles. The number of thiophene rings is 1. The average molecular weight is 397 g/mol. The standard InChI is InChI=1S/C23H25FN2OS/c1-12-18(21(25)27)19(13-6-5-7-15(24)10-13)20-16-9-8-14(23(2,3)4)11-17(16)28-22(20)26-12/h5-7,10,14H,8-9,11H2,1-4H3,(H2,25,27)/t14-/m0/s1. The number of amides is 1. The molecule has 3 nitrogen and oxygen atoms in total. The molecule has 0 fully saturated rings. The van der Waals surface area contributed by atoms with Gasteiger partial charge in [-0.05, 0) is 60.8 Å². The van der Waals surface area contributed by atoms with Crippen molar-refractivity contribution >= 4 is 27.5 Å². The van der Waals surface area contributed by atoms with E-state index in [-0.39, 0.29) is 11.2 Å². The first-order valence-electron chi connectivity index (χ1n) is 9.67. The Morgan fingerprint density at radius 1 is 1.32 bits per heavy atom. The number of aromatic nitrogens is 1. The molecule has 1 amide bonds. The van der Waals surface area contributed by atoms with Crippen LogP contribution in [0, 0.1) is 24.1 Å². The van der Waals surface area contributed by atoms with E-state index in [2.05, 4.69) is 20.8 Å². The lowest BCUT2D eigenvalue weighted by Gasteiger charge is -2.33. The van der Waals surface area contributed by atoms with Gasteiger partial charge in [-0.25, -0.2) is 9.37 Å². The first-order valence-corrected chi connectivity index (χ1v) is 10.5. The molecule has 0 aliphatic heterocycles. The molecule has 0 saturated carbocycles. The van der Waals surface area contributed by atoms with Gasteiger partial charge in [0, 0.05) is 15.8 Å². The maximum absolute atomic E-state index is 14.0. The second kappa shape index (κ2) is 6.66. The molecule has 2 N–H and O–H groups in total. The second-order valence-corrected chi connectivity index (χ2v) is 9.90. The topological polar surface area (TPSA) is 56.0 Å². The molecule has 28 heavy (non-hydrogen) atoms. The number of hydrogen-bond acceptors (Lipinski definition) is 3. The number of pyridine rings is 1. The molecule has 2 aromatic heterocycles. The van der Waals surface area contributed by atoms with Crippen LogP contribution in [0.3, 0.4) is 0 Å². The molecule has 0 spiro atoms. The van der Waals surface area contributed by atoms with Crippen LogP contribution in [0.4, 0.5) is 4.39 Å². The van der Waals surface area contributed by atoms with Crippen LogP contribution in [-0.2, 0) is 12.8 Å². The first kappa shape index (κ1) is 19.1. The molecule has 5 heteroatoms. The Labute approximate surface area is 168 Å². The zero-order valence-corrected chi connectivity index (χ0v) is 17.5. The highest BCUT2D eigenvalue weighted by Gasteiger charge is 2.32. The van der Waals surface area contributed by atoms with E-state index in [1.165, 1.54) is 22.6 Å². The summed E-state index contributed by atoms with van der Waals surface area (Å²) in [5.74, 6) is -0.232. The summed E-state index contributed by atoms with van der Waals surface area (Å²) in [4.78, 5) is 19.3. The Balaban J connectivity index is 2.02. The minimum atomic E-state index is -0.519. The molecule has 1 aliphatic rings. The summed E-state index contributed by atoms with van der Waals surface area (Å²) in [6.45, 7) is 8.68. The van der Waals surface area contributed by atoms with Gasteiger partial charge in [-0.2, -0.15) is 0 Å². The maximum atomic E-state index is 14.0. The summed E-state index contributed by atoms with van der Waals surface area (Å²) < 4.78 is 14.0. The van der Waals surface area contributed by atoms with Crippen LogP contribution in [0.25, 0.3) is 21.3 Å². The van der Waals surface area contributed by atoms with Gasteiger partial charge < -0.3 is 5.73 Å². The van der Waals surface area contributed by atoms with Crippen molar-refractivity contribution in [3.8, 4) is 11.1 Å². The highest BCUT2D eigenvalue weighted by atomic mass is 32.1. The van der Waals surface area contributed by atoms with E-state index in [1.807, 2.05) is 6.07 Å². The van der Waals surface area contributed by atoms with Crippen molar-refractivity contribution < 1.29 is 9.18 Å². The van der Waals surface area contributed by atoms with Gasteiger partial charge in [0.05, 0.1) is 11.3 Å². The number of primary amides is 1. The summed E-state index contributed by atoms with van der Waals surface area (Å²) in [5.41, 5.74) is 9.67. The number of benzene rings is 1. The summed E-state index contributed by atoms with van der Waals surface area (Å²) in [6.07, 6.45) is 3.07. The van der Waals surface area contributed by atoms with Crippen LogP contribution in [0.5, 0.6) is 0 Å². The van der Waals surface area contributed by atoms with Crippen molar-refractivity contribution in [1.29, 1.82) is 0 Å². The molecule has 146 valence electrons. The quantitative estimate of drug-likeness (QED) is 0.607. The second-order valence-electron chi connectivity index (χ2n) is 8.81. The number of carbonyl (C=O) groups is 1.